The predicted molar refractivity (Wildman–Crippen MR) is 82.8 cm³/mol. The molecule has 0 N–H and O–H groups in total. The molecular weight excluding hydrogens is 280 g/mol. The molecule has 2 aliphatic heterocycles. The molecule has 2 aromatic carbocycles. The summed E-state index contributed by atoms with van der Waals surface area (Å²) >= 11 is 0. The normalized spacial score (nSPS) is 11.1. The second-order valence-electron chi connectivity index (χ2n) is 4.92. The van der Waals surface area contributed by atoms with Crippen molar-refractivity contribution in [2.24, 2.45) is 0 Å². The van der Waals surface area contributed by atoms with Crippen LogP contribution in [0.5, 0.6) is 5.75 Å². The molecular formula is C17H12N2O3. The number of aromatic nitrogens is 2. The molecule has 5 heteroatoms. The van der Waals surface area contributed by atoms with Gasteiger partial charge in [0.05, 0.1) is 12.8 Å². The van der Waals surface area contributed by atoms with Crippen LogP contribution in [0.1, 0.15) is 0 Å². The van der Waals surface area contributed by atoms with E-state index in [0.29, 0.717) is 22.7 Å². The summed E-state index contributed by atoms with van der Waals surface area (Å²) in [4.78, 5) is 12.5. The first-order valence-corrected chi connectivity index (χ1v) is 6.82. The molecule has 0 saturated heterocycles. The van der Waals surface area contributed by atoms with Crippen LogP contribution in [0.3, 0.4) is 0 Å². The Labute approximate surface area is 125 Å². The number of nitrogens with zero attached hydrogens (tertiary/aromatic N) is 2. The van der Waals surface area contributed by atoms with Crippen molar-refractivity contribution in [3.8, 4) is 22.9 Å². The number of rotatable bonds is 2. The summed E-state index contributed by atoms with van der Waals surface area (Å²) in [7, 11) is 1.60. The molecule has 0 bridgehead atoms. The summed E-state index contributed by atoms with van der Waals surface area (Å²) in [6.45, 7) is 0. The highest BCUT2D eigenvalue weighted by Gasteiger charge is 2.19. The fourth-order valence-electron chi connectivity index (χ4n) is 2.45. The highest BCUT2D eigenvalue weighted by molar-refractivity contribution is 5.81. The summed E-state index contributed by atoms with van der Waals surface area (Å²) < 4.78 is 12.2. The first-order valence-electron chi connectivity index (χ1n) is 6.82. The molecule has 2 heterocycles. The molecule has 0 aliphatic carbocycles. The van der Waals surface area contributed by atoms with E-state index in [1.165, 1.54) is 4.68 Å². The lowest BCUT2D eigenvalue weighted by Crippen LogP contribution is -2.14. The van der Waals surface area contributed by atoms with E-state index >= 15 is 0 Å². The van der Waals surface area contributed by atoms with E-state index in [1.54, 1.807) is 31.4 Å². The topological polar surface area (TPSA) is 57.3 Å². The number of fused-ring (bicyclic) bond motifs is 2. The SMILES string of the molecule is COc1ccc(-n2nc3oc4ccccc4cc-3c2=O)cc1. The van der Waals surface area contributed by atoms with Crippen molar-refractivity contribution in [3.63, 3.8) is 0 Å². The average molecular weight is 292 g/mol. The van der Waals surface area contributed by atoms with E-state index in [-0.39, 0.29) is 5.56 Å². The summed E-state index contributed by atoms with van der Waals surface area (Å²) in [6.07, 6.45) is 0. The number of benzene rings is 2. The molecule has 0 atom stereocenters. The number of hydrogen-bond donors (Lipinski definition) is 0. The first-order chi connectivity index (χ1) is 10.8. The smallest absolute Gasteiger partial charge is 0.284 e. The summed E-state index contributed by atoms with van der Waals surface area (Å²) in [5.74, 6) is 1.06. The van der Waals surface area contributed by atoms with Crippen molar-refractivity contribution in [2.45, 2.75) is 0 Å². The van der Waals surface area contributed by atoms with Gasteiger partial charge in [-0.1, -0.05) is 18.2 Å². The van der Waals surface area contributed by atoms with Gasteiger partial charge >= 0.3 is 0 Å². The van der Waals surface area contributed by atoms with Crippen molar-refractivity contribution in [3.05, 3.63) is 65.0 Å². The molecule has 0 amide bonds. The molecule has 0 unspecified atom stereocenters. The molecule has 0 spiro atoms. The number of methoxy groups -OCH3 is 1. The molecule has 4 rings (SSSR count). The minimum atomic E-state index is -0.199. The second-order valence-corrected chi connectivity index (χ2v) is 4.92. The van der Waals surface area contributed by atoms with E-state index in [0.717, 1.165) is 11.1 Å². The van der Waals surface area contributed by atoms with Crippen LogP contribution in [0.15, 0.2) is 63.8 Å². The zero-order valence-corrected chi connectivity index (χ0v) is 11.8. The molecule has 22 heavy (non-hydrogen) atoms. The maximum absolute atomic E-state index is 12.5. The van der Waals surface area contributed by atoms with E-state index < -0.39 is 0 Å². The van der Waals surface area contributed by atoms with Crippen molar-refractivity contribution in [1.82, 2.24) is 9.78 Å². The zero-order valence-electron chi connectivity index (χ0n) is 11.8. The third-order valence-corrected chi connectivity index (χ3v) is 3.59. The lowest BCUT2D eigenvalue weighted by molar-refractivity contribution is 0.414. The Morgan fingerprint density at radius 3 is 2.64 bits per heavy atom. The first kappa shape index (κ1) is 12.6. The molecule has 2 aliphatic rings. The largest absolute Gasteiger partial charge is 0.497 e. The standard InChI is InChI=1S/C17H12N2O3/c1-21-13-8-6-12(7-9-13)19-17(20)14-10-11-4-2-3-5-15(11)22-16(14)18-19/h2-10H,1H3. The maximum Gasteiger partial charge on any atom is 0.284 e. The fourth-order valence-corrected chi connectivity index (χ4v) is 2.45. The monoisotopic (exact) mass is 292 g/mol. The summed E-state index contributed by atoms with van der Waals surface area (Å²) in [5.41, 5.74) is 1.64. The lowest BCUT2D eigenvalue weighted by Gasteiger charge is -2.01. The van der Waals surface area contributed by atoms with Crippen LogP contribution in [-0.4, -0.2) is 16.9 Å². The molecule has 5 nitrogen and oxygen atoms in total. The lowest BCUT2D eigenvalue weighted by atomic mass is 10.2. The number of hydrogen-bond acceptors (Lipinski definition) is 4. The van der Waals surface area contributed by atoms with Crippen LogP contribution in [-0.2, 0) is 0 Å². The van der Waals surface area contributed by atoms with E-state index in [2.05, 4.69) is 5.10 Å². The highest BCUT2D eigenvalue weighted by atomic mass is 16.5. The Bertz CT molecular complexity index is 983. The van der Waals surface area contributed by atoms with Gasteiger partial charge in [0.1, 0.15) is 16.9 Å². The van der Waals surface area contributed by atoms with Gasteiger partial charge in [0.15, 0.2) is 0 Å². The van der Waals surface area contributed by atoms with Gasteiger partial charge in [-0.25, -0.2) is 0 Å². The summed E-state index contributed by atoms with van der Waals surface area (Å²) in [6, 6.07) is 16.5. The van der Waals surface area contributed by atoms with Crippen molar-refractivity contribution in [2.75, 3.05) is 7.11 Å². The predicted octanol–water partition coefficient (Wildman–Crippen LogP) is 3.09. The number of ether oxygens (including phenoxy) is 1. The van der Waals surface area contributed by atoms with E-state index in [9.17, 15) is 4.79 Å². The second kappa shape index (κ2) is 4.73. The van der Waals surface area contributed by atoms with Gasteiger partial charge in [-0.15, -0.1) is 5.10 Å². The van der Waals surface area contributed by atoms with Crippen LogP contribution < -0.4 is 10.3 Å². The fraction of sp³-hybridized carbons (Fsp3) is 0.0588. The van der Waals surface area contributed by atoms with E-state index in [4.69, 9.17) is 9.15 Å². The average Bonchev–Trinajstić information content (AvgIpc) is 2.89. The maximum atomic E-state index is 12.5. The van der Waals surface area contributed by atoms with Gasteiger partial charge < -0.3 is 9.15 Å². The van der Waals surface area contributed by atoms with Crippen LogP contribution in [0.2, 0.25) is 0 Å². The third kappa shape index (κ3) is 1.87. The van der Waals surface area contributed by atoms with E-state index in [1.807, 2.05) is 30.3 Å². The minimum Gasteiger partial charge on any atom is -0.497 e. The molecule has 0 saturated carbocycles. The molecule has 0 fully saturated rings. The van der Waals surface area contributed by atoms with Crippen molar-refractivity contribution < 1.29 is 9.15 Å². The van der Waals surface area contributed by atoms with Crippen molar-refractivity contribution >= 4 is 11.0 Å². The van der Waals surface area contributed by atoms with Crippen LogP contribution in [0, 0.1) is 0 Å². The highest BCUT2D eigenvalue weighted by Crippen LogP contribution is 2.25. The van der Waals surface area contributed by atoms with Crippen LogP contribution in [0.25, 0.3) is 28.1 Å². The van der Waals surface area contributed by atoms with Crippen LogP contribution in [0.4, 0.5) is 0 Å². The van der Waals surface area contributed by atoms with Gasteiger partial charge in [-0.05, 0) is 36.4 Å². The summed E-state index contributed by atoms with van der Waals surface area (Å²) in [5, 5.41) is 5.16. The third-order valence-electron chi connectivity index (χ3n) is 3.59. The minimum absolute atomic E-state index is 0.199. The van der Waals surface area contributed by atoms with Crippen LogP contribution >= 0.6 is 0 Å². The van der Waals surface area contributed by atoms with Gasteiger partial charge in [-0.2, -0.15) is 4.68 Å². The Balaban J connectivity index is 1.95. The molecule has 108 valence electrons. The quantitative estimate of drug-likeness (QED) is 0.569. The van der Waals surface area contributed by atoms with Gasteiger partial charge in [0.25, 0.3) is 5.56 Å². The van der Waals surface area contributed by atoms with Gasteiger partial charge in [0.2, 0.25) is 5.89 Å². The van der Waals surface area contributed by atoms with Crippen molar-refractivity contribution in [1.29, 1.82) is 0 Å². The number of para-hydroxylation sites is 1. The Morgan fingerprint density at radius 1 is 1.09 bits per heavy atom. The Morgan fingerprint density at radius 2 is 1.86 bits per heavy atom. The Hall–Kier alpha value is -3.08. The zero-order chi connectivity index (χ0) is 15.1. The molecule has 0 radical (unpaired) electrons. The Kier molecular flexibility index (Phi) is 2.72. The van der Waals surface area contributed by atoms with Gasteiger partial charge in [-0.3, -0.25) is 4.79 Å². The van der Waals surface area contributed by atoms with Gasteiger partial charge in [0, 0.05) is 5.39 Å². The molecule has 2 aromatic rings. The molecule has 0 aromatic heterocycles.